The molecular weight excluding hydrogens is 319 g/mol. The number of likely N-dealkylation sites (tertiary alicyclic amines) is 1. The summed E-state index contributed by atoms with van der Waals surface area (Å²) in [4.78, 5) is 15.0. The van der Waals surface area contributed by atoms with Crippen molar-refractivity contribution in [1.29, 1.82) is 0 Å². The topological polar surface area (TPSA) is 32.3 Å². The third-order valence-corrected chi connectivity index (χ3v) is 4.95. The average Bonchev–Trinajstić information content (AvgIpc) is 2.92. The van der Waals surface area contributed by atoms with Gasteiger partial charge in [-0.3, -0.25) is 4.79 Å². The van der Waals surface area contributed by atoms with Crippen LogP contribution in [0.5, 0.6) is 0 Å². The maximum absolute atomic E-state index is 12.9. The second-order valence-electron chi connectivity index (χ2n) is 6.14. The van der Waals surface area contributed by atoms with E-state index in [-0.39, 0.29) is 24.4 Å². The van der Waals surface area contributed by atoms with Gasteiger partial charge in [-0.05, 0) is 43.5 Å². The van der Waals surface area contributed by atoms with Crippen LogP contribution in [0.1, 0.15) is 43.7 Å². The molecule has 0 aliphatic carbocycles. The largest absolute Gasteiger partial charge is 0.335 e. The maximum atomic E-state index is 12.9. The van der Waals surface area contributed by atoms with Crippen molar-refractivity contribution in [3.05, 3.63) is 34.9 Å². The fourth-order valence-electron chi connectivity index (χ4n) is 3.50. The van der Waals surface area contributed by atoms with Gasteiger partial charge in [-0.15, -0.1) is 12.4 Å². The standard InChI is InChI=1S/C17H23ClN2O.ClH/c18-15-7-5-13(6-8-15)16-4-2-1-3-11-20(16)17(21)14-9-10-19-12-14;/h5-8,14,16,19H,1-4,9-12H2;1H. The number of amides is 1. The number of carbonyl (C=O) groups excluding carboxylic acids is 1. The number of nitrogens with one attached hydrogen (secondary N) is 1. The molecule has 2 aliphatic heterocycles. The molecule has 3 nitrogen and oxygen atoms in total. The van der Waals surface area contributed by atoms with E-state index in [0.29, 0.717) is 5.91 Å². The van der Waals surface area contributed by atoms with E-state index < -0.39 is 0 Å². The Morgan fingerprint density at radius 1 is 1.14 bits per heavy atom. The van der Waals surface area contributed by atoms with E-state index in [9.17, 15) is 4.79 Å². The first kappa shape index (κ1) is 17.6. The Bertz CT molecular complexity index is 486. The smallest absolute Gasteiger partial charge is 0.227 e. The van der Waals surface area contributed by atoms with E-state index in [1.165, 1.54) is 18.4 Å². The quantitative estimate of drug-likeness (QED) is 0.886. The third-order valence-electron chi connectivity index (χ3n) is 4.70. The van der Waals surface area contributed by atoms with Crippen molar-refractivity contribution in [2.24, 2.45) is 5.92 Å². The Hall–Kier alpha value is -0.770. The molecule has 5 heteroatoms. The highest BCUT2D eigenvalue weighted by atomic mass is 35.5. The molecule has 22 heavy (non-hydrogen) atoms. The van der Waals surface area contributed by atoms with Gasteiger partial charge >= 0.3 is 0 Å². The van der Waals surface area contributed by atoms with E-state index in [0.717, 1.165) is 43.9 Å². The Balaban J connectivity index is 0.00000176. The molecule has 0 saturated carbocycles. The maximum Gasteiger partial charge on any atom is 0.227 e. The molecule has 0 radical (unpaired) electrons. The molecule has 2 atom stereocenters. The summed E-state index contributed by atoms with van der Waals surface area (Å²) in [6.07, 6.45) is 5.57. The molecular formula is C17H24Cl2N2O. The predicted octanol–water partition coefficient (Wildman–Crippen LogP) is 3.82. The molecule has 2 aliphatic rings. The van der Waals surface area contributed by atoms with Crippen LogP contribution in [-0.2, 0) is 4.79 Å². The molecule has 0 spiro atoms. The molecule has 1 amide bonds. The summed E-state index contributed by atoms with van der Waals surface area (Å²) in [5.74, 6) is 0.500. The molecule has 2 fully saturated rings. The molecule has 1 N–H and O–H groups in total. The van der Waals surface area contributed by atoms with E-state index in [4.69, 9.17) is 11.6 Å². The number of hydrogen-bond acceptors (Lipinski definition) is 2. The molecule has 2 saturated heterocycles. The number of carbonyl (C=O) groups is 1. The summed E-state index contributed by atoms with van der Waals surface area (Å²) in [5, 5.41) is 4.06. The van der Waals surface area contributed by atoms with E-state index in [2.05, 4.69) is 22.3 Å². The van der Waals surface area contributed by atoms with E-state index in [1.54, 1.807) is 0 Å². The van der Waals surface area contributed by atoms with Crippen LogP contribution >= 0.6 is 24.0 Å². The van der Waals surface area contributed by atoms with Crippen molar-refractivity contribution >= 4 is 29.9 Å². The van der Waals surface area contributed by atoms with Gasteiger partial charge in [-0.2, -0.15) is 0 Å². The minimum absolute atomic E-state index is 0. The first-order valence-electron chi connectivity index (χ1n) is 8.02. The van der Waals surface area contributed by atoms with Crippen molar-refractivity contribution in [3.8, 4) is 0 Å². The highest BCUT2D eigenvalue weighted by molar-refractivity contribution is 6.30. The zero-order valence-corrected chi connectivity index (χ0v) is 14.3. The lowest BCUT2D eigenvalue weighted by atomic mass is 9.98. The highest BCUT2D eigenvalue weighted by Crippen LogP contribution is 2.32. The number of rotatable bonds is 2. The van der Waals surface area contributed by atoms with Crippen LogP contribution in [0.2, 0.25) is 5.02 Å². The molecule has 3 rings (SSSR count). The monoisotopic (exact) mass is 342 g/mol. The predicted molar refractivity (Wildman–Crippen MR) is 92.6 cm³/mol. The van der Waals surface area contributed by atoms with Crippen LogP contribution in [0.15, 0.2) is 24.3 Å². The van der Waals surface area contributed by atoms with Crippen LogP contribution in [0.4, 0.5) is 0 Å². The summed E-state index contributed by atoms with van der Waals surface area (Å²) < 4.78 is 0. The minimum Gasteiger partial charge on any atom is -0.335 e. The van der Waals surface area contributed by atoms with Crippen molar-refractivity contribution in [2.45, 2.75) is 38.1 Å². The zero-order valence-electron chi connectivity index (χ0n) is 12.8. The second kappa shape index (κ2) is 8.19. The molecule has 0 bridgehead atoms. The Labute approximate surface area is 143 Å². The molecule has 2 unspecified atom stereocenters. The van der Waals surface area contributed by atoms with Gasteiger partial charge in [-0.1, -0.05) is 36.6 Å². The third kappa shape index (κ3) is 3.95. The first-order chi connectivity index (χ1) is 10.3. The summed E-state index contributed by atoms with van der Waals surface area (Å²) in [6.45, 7) is 2.70. The van der Waals surface area contributed by atoms with Crippen molar-refractivity contribution in [1.82, 2.24) is 10.2 Å². The average molecular weight is 343 g/mol. The molecule has 2 heterocycles. The fourth-order valence-corrected chi connectivity index (χ4v) is 3.63. The van der Waals surface area contributed by atoms with Crippen LogP contribution < -0.4 is 5.32 Å². The summed E-state index contributed by atoms with van der Waals surface area (Å²) >= 11 is 6.00. The van der Waals surface area contributed by atoms with Gasteiger partial charge in [0.2, 0.25) is 5.91 Å². The molecule has 1 aromatic rings. The van der Waals surface area contributed by atoms with Gasteiger partial charge in [-0.25, -0.2) is 0 Å². The highest BCUT2D eigenvalue weighted by Gasteiger charge is 2.32. The van der Waals surface area contributed by atoms with Crippen LogP contribution in [0.25, 0.3) is 0 Å². The second-order valence-corrected chi connectivity index (χ2v) is 6.57. The van der Waals surface area contributed by atoms with E-state index in [1.807, 2.05) is 12.1 Å². The fraction of sp³-hybridized carbons (Fsp3) is 0.588. The summed E-state index contributed by atoms with van der Waals surface area (Å²) in [5.41, 5.74) is 1.22. The van der Waals surface area contributed by atoms with Crippen LogP contribution in [-0.4, -0.2) is 30.4 Å². The molecule has 0 aromatic heterocycles. The van der Waals surface area contributed by atoms with Crippen molar-refractivity contribution in [3.63, 3.8) is 0 Å². The van der Waals surface area contributed by atoms with Crippen molar-refractivity contribution in [2.75, 3.05) is 19.6 Å². The lowest BCUT2D eigenvalue weighted by molar-refractivity contribution is -0.137. The normalized spacial score (nSPS) is 25.4. The number of halogens is 2. The van der Waals surface area contributed by atoms with Crippen LogP contribution in [0.3, 0.4) is 0 Å². The Morgan fingerprint density at radius 3 is 2.59 bits per heavy atom. The lowest BCUT2D eigenvalue weighted by Gasteiger charge is -2.32. The molecule has 1 aromatic carbocycles. The van der Waals surface area contributed by atoms with Gasteiger partial charge in [0.05, 0.1) is 12.0 Å². The summed E-state index contributed by atoms with van der Waals surface area (Å²) in [7, 11) is 0. The van der Waals surface area contributed by atoms with Gasteiger partial charge in [0, 0.05) is 18.1 Å². The zero-order chi connectivity index (χ0) is 14.7. The summed E-state index contributed by atoms with van der Waals surface area (Å²) in [6, 6.07) is 8.23. The number of benzene rings is 1. The minimum atomic E-state index is 0. The van der Waals surface area contributed by atoms with Gasteiger partial charge < -0.3 is 10.2 Å². The van der Waals surface area contributed by atoms with Gasteiger partial charge in [0.15, 0.2) is 0 Å². The Kier molecular flexibility index (Phi) is 6.54. The SMILES string of the molecule is Cl.O=C(C1CCNC1)N1CCCCCC1c1ccc(Cl)cc1. The Morgan fingerprint density at radius 2 is 1.91 bits per heavy atom. The van der Waals surface area contributed by atoms with Crippen molar-refractivity contribution < 1.29 is 4.79 Å². The van der Waals surface area contributed by atoms with Gasteiger partial charge in [0.1, 0.15) is 0 Å². The van der Waals surface area contributed by atoms with Gasteiger partial charge in [0.25, 0.3) is 0 Å². The number of hydrogen-bond donors (Lipinski definition) is 1. The van der Waals surface area contributed by atoms with Crippen LogP contribution in [0, 0.1) is 5.92 Å². The molecule has 122 valence electrons. The first-order valence-corrected chi connectivity index (χ1v) is 8.40. The lowest BCUT2D eigenvalue weighted by Crippen LogP contribution is -2.39. The number of nitrogens with zero attached hydrogens (tertiary/aromatic N) is 1. The van der Waals surface area contributed by atoms with E-state index >= 15 is 0 Å².